The SMILES string of the molecule is COC(=O)c1ccccc1C(=O)O.[KH].[NaH]. The van der Waals surface area contributed by atoms with E-state index in [-0.39, 0.29) is 92.1 Å². The fourth-order valence-corrected chi connectivity index (χ4v) is 0.958. The Morgan fingerprint density at radius 1 is 1.20 bits per heavy atom. The number of hydrogen-bond acceptors (Lipinski definition) is 3. The van der Waals surface area contributed by atoms with Gasteiger partial charge in [-0.15, -0.1) is 0 Å². The number of benzene rings is 1. The van der Waals surface area contributed by atoms with E-state index < -0.39 is 11.9 Å². The van der Waals surface area contributed by atoms with E-state index in [9.17, 15) is 9.59 Å². The van der Waals surface area contributed by atoms with Crippen LogP contribution in [0.3, 0.4) is 0 Å². The van der Waals surface area contributed by atoms with Crippen LogP contribution >= 0.6 is 0 Å². The summed E-state index contributed by atoms with van der Waals surface area (Å²) in [6.07, 6.45) is 0. The average molecular weight is 244 g/mol. The van der Waals surface area contributed by atoms with Crippen molar-refractivity contribution in [3.05, 3.63) is 35.4 Å². The molecule has 0 aliphatic carbocycles. The summed E-state index contributed by atoms with van der Waals surface area (Å²) in [4.78, 5) is 21.7. The molecule has 4 nitrogen and oxygen atoms in total. The molecule has 0 radical (unpaired) electrons. The molecule has 0 atom stereocenters. The van der Waals surface area contributed by atoms with Crippen molar-refractivity contribution in [2.24, 2.45) is 0 Å². The Balaban J connectivity index is 0. The van der Waals surface area contributed by atoms with Gasteiger partial charge in [0.05, 0.1) is 18.2 Å². The summed E-state index contributed by atoms with van der Waals surface area (Å²) < 4.78 is 4.42. The quantitative estimate of drug-likeness (QED) is 0.581. The number of hydrogen-bond donors (Lipinski definition) is 1. The van der Waals surface area contributed by atoms with Gasteiger partial charge in [0.1, 0.15) is 0 Å². The molecular formula is C9H10KNaO4. The van der Waals surface area contributed by atoms with Crippen molar-refractivity contribution in [1.29, 1.82) is 0 Å². The van der Waals surface area contributed by atoms with Gasteiger partial charge in [-0.1, -0.05) is 12.1 Å². The minimum absolute atomic E-state index is 0. The van der Waals surface area contributed by atoms with Gasteiger partial charge >= 0.3 is 92.9 Å². The third-order valence-electron chi connectivity index (χ3n) is 1.56. The molecule has 1 N–H and O–H groups in total. The van der Waals surface area contributed by atoms with Crippen LogP contribution in [0.5, 0.6) is 0 Å². The van der Waals surface area contributed by atoms with E-state index in [1.807, 2.05) is 0 Å². The molecule has 0 unspecified atom stereocenters. The van der Waals surface area contributed by atoms with Crippen LogP contribution in [0.15, 0.2) is 24.3 Å². The first-order valence-electron chi connectivity index (χ1n) is 3.57. The summed E-state index contributed by atoms with van der Waals surface area (Å²) in [5.74, 6) is -1.78. The number of carbonyl (C=O) groups is 2. The summed E-state index contributed by atoms with van der Waals surface area (Å²) in [6.45, 7) is 0. The van der Waals surface area contributed by atoms with Crippen LogP contribution in [0.2, 0.25) is 0 Å². The Morgan fingerprint density at radius 3 is 2.07 bits per heavy atom. The summed E-state index contributed by atoms with van der Waals surface area (Å²) in [7, 11) is 1.21. The monoisotopic (exact) mass is 244 g/mol. The van der Waals surface area contributed by atoms with Crippen LogP contribution in [0.25, 0.3) is 0 Å². The second-order valence-corrected chi connectivity index (χ2v) is 2.34. The van der Waals surface area contributed by atoms with E-state index in [4.69, 9.17) is 5.11 Å². The minimum atomic E-state index is -1.14. The van der Waals surface area contributed by atoms with Gasteiger partial charge in [0.2, 0.25) is 0 Å². The van der Waals surface area contributed by atoms with Crippen LogP contribution in [0.4, 0.5) is 0 Å². The number of rotatable bonds is 2. The van der Waals surface area contributed by atoms with Crippen LogP contribution in [0.1, 0.15) is 20.7 Å². The molecule has 0 spiro atoms. The topological polar surface area (TPSA) is 63.6 Å². The zero-order valence-corrected chi connectivity index (χ0v) is 6.98. The van der Waals surface area contributed by atoms with Crippen molar-refractivity contribution in [2.75, 3.05) is 7.11 Å². The second-order valence-electron chi connectivity index (χ2n) is 2.34. The van der Waals surface area contributed by atoms with Crippen molar-refractivity contribution in [1.82, 2.24) is 0 Å². The first kappa shape index (κ1) is 18.2. The molecule has 0 saturated carbocycles. The summed E-state index contributed by atoms with van der Waals surface area (Å²) in [5, 5.41) is 8.70. The van der Waals surface area contributed by atoms with Crippen molar-refractivity contribution in [3.63, 3.8) is 0 Å². The molecule has 0 fully saturated rings. The van der Waals surface area contributed by atoms with Gasteiger partial charge < -0.3 is 9.84 Å². The first-order chi connectivity index (χ1) is 6.16. The number of ether oxygens (including phenoxy) is 1. The molecule has 6 heteroatoms. The number of esters is 1. The molecule has 0 bridgehead atoms. The van der Waals surface area contributed by atoms with Gasteiger partial charge in [-0.3, -0.25) is 0 Å². The van der Waals surface area contributed by atoms with E-state index in [1.165, 1.54) is 19.2 Å². The van der Waals surface area contributed by atoms with Crippen LogP contribution in [-0.4, -0.2) is 105 Å². The van der Waals surface area contributed by atoms with E-state index in [1.54, 1.807) is 12.1 Å². The maximum atomic E-state index is 11.1. The fourth-order valence-electron chi connectivity index (χ4n) is 0.958. The van der Waals surface area contributed by atoms with Crippen LogP contribution < -0.4 is 0 Å². The number of carboxylic acids is 1. The Labute approximate surface area is 152 Å². The Morgan fingerprint density at radius 2 is 1.67 bits per heavy atom. The maximum absolute atomic E-state index is 11.1. The third kappa shape index (κ3) is 5.10. The van der Waals surface area contributed by atoms with E-state index in [2.05, 4.69) is 4.74 Å². The Kier molecular flexibility index (Phi) is 10.8. The van der Waals surface area contributed by atoms with Crippen molar-refractivity contribution in [3.8, 4) is 0 Å². The fraction of sp³-hybridized carbons (Fsp3) is 0.111. The Bertz CT molecular complexity index is 354. The number of aromatic carboxylic acids is 1. The van der Waals surface area contributed by atoms with Gasteiger partial charge in [0.25, 0.3) is 0 Å². The number of carboxylic acid groups (broad SMARTS) is 1. The molecule has 0 aromatic heterocycles. The van der Waals surface area contributed by atoms with Gasteiger partial charge in [0.15, 0.2) is 0 Å². The van der Waals surface area contributed by atoms with Gasteiger partial charge in [-0.05, 0) is 12.1 Å². The normalized spacial score (nSPS) is 8.07. The summed E-state index contributed by atoms with van der Waals surface area (Å²) >= 11 is 0. The first-order valence-corrected chi connectivity index (χ1v) is 3.57. The summed E-state index contributed by atoms with van der Waals surface area (Å²) in [5.41, 5.74) is 0.0202. The molecule has 0 amide bonds. The standard InChI is InChI=1S/C9H8O4.K.Na.2H/c1-13-9(12)7-5-3-2-4-6(7)8(10)11;;;;/h2-5H,1H3,(H,10,11);;;;. The van der Waals surface area contributed by atoms with Gasteiger partial charge in [-0.25, -0.2) is 9.59 Å². The molecule has 0 aliphatic heterocycles. The molecule has 15 heavy (non-hydrogen) atoms. The van der Waals surface area contributed by atoms with E-state index in [0.717, 1.165) is 0 Å². The molecule has 1 aromatic carbocycles. The van der Waals surface area contributed by atoms with Gasteiger partial charge in [0, 0.05) is 0 Å². The predicted octanol–water partition coefficient (Wildman–Crippen LogP) is -0.126. The van der Waals surface area contributed by atoms with Crippen LogP contribution in [-0.2, 0) is 4.74 Å². The predicted molar refractivity (Wildman–Crippen MR) is 59.0 cm³/mol. The van der Waals surface area contributed by atoms with E-state index >= 15 is 0 Å². The average Bonchev–Trinajstić information content (AvgIpc) is 2.16. The summed E-state index contributed by atoms with van der Waals surface area (Å²) in [6, 6.07) is 5.90. The molecule has 1 rings (SSSR count). The molecule has 1 aromatic rings. The van der Waals surface area contributed by atoms with Gasteiger partial charge in [-0.2, -0.15) is 0 Å². The number of methoxy groups -OCH3 is 1. The van der Waals surface area contributed by atoms with Crippen molar-refractivity contribution in [2.45, 2.75) is 0 Å². The Hall–Kier alpha value is 0.796. The zero-order chi connectivity index (χ0) is 9.84. The second kappa shape index (κ2) is 8.89. The molecule has 72 valence electrons. The molecule has 0 aliphatic rings. The molecule has 0 saturated heterocycles. The molecular weight excluding hydrogens is 234 g/mol. The van der Waals surface area contributed by atoms with E-state index in [0.29, 0.717) is 0 Å². The third-order valence-corrected chi connectivity index (χ3v) is 1.56. The molecule has 0 heterocycles. The van der Waals surface area contributed by atoms with Crippen molar-refractivity contribution >= 4 is 92.9 Å². The number of carbonyl (C=O) groups excluding carboxylic acids is 1. The van der Waals surface area contributed by atoms with Crippen LogP contribution in [0, 0.1) is 0 Å². The van der Waals surface area contributed by atoms with Crippen molar-refractivity contribution < 1.29 is 19.4 Å². The zero-order valence-electron chi connectivity index (χ0n) is 6.98.